The highest BCUT2D eigenvalue weighted by Gasteiger charge is 2.31. The lowest BCUT2D eigenvalue weighted by atomic mass is 9.68. The van der Waals surface area contributed by atoms with Crippen molar-refractivity contribution in [3.8, 4) is 0 Å². The molecule has 0 heterocycles. The van der Waals surface area contributed by atoms with Gasteiger partial charge in [0, 0.05) is 0 Å². The molecule has 0 saturated heterocycles. The molecule has 1 aromatic rings. The zero-order valence-electron chi connectivity index (χ0n) is 18.7. The van der Waals surface area contributed by atoms with Crippen molar-refractivity contribution in [2.45, 2.75) is 110 Å². The number of hydrogen-bond donors (Lipinski definition) is 0. The van der Waals surface area contributed by atoms with Gasteiger partial charge in [0.15, 0.2) is 0 Å². The third-order valence-electron chi connectivity index (χ3n) is 7.83. The third-order valence-corrected chi connectivity index (χ3v) is 7.83. The quantitative estimate of drug-likeness (QED) is 0.296. The molecule has 2 saturated carbocycles. The molecule has 2 aliphatic carbocycles. The highest BCUT2D eigenvalue weighted by Crippen LogP contribution is 2.44. The van der Waals surface area contributed by atoms with E-state index >= 15 is 0 Å². The fourth-order valence-corrected chi connectivity index (χ4v) is 5.91. The molecule has 28 heavy (non-hydrogen) atoms. The first-order chi connectivity index (χ1) is 13.8. The van der Waals surface area contributed by atoms with Gasteiger partial charge in [0.2, 0.25) is 0 Å². The predicted molar refractivity (Wildman–Crippen MR) is 124 cm³/mol. The average molecular weight is 381 g/mol. The third kappa shape index (κ3) is 6.50. The molecule has 0 unspecified atom stereocenters. The van der Waals surface area contributed by atoms with Gasteiger partial charge in [-0.05, 0) is 106 Å². The molecule has 0 aliphatic heterocycles. The second kappa shape index (κ2) is 11.8. The number of benzene rings is 1. The fourth-order valence-electron chi connectivity index (χ4n) is 5.91. The number of rotatable bonds is 9. The Balaban J connectivity index is 1.39. The summed E-state index contributed by atoms with van der Waals surface area (Å²) < 4.78 is 0. The second-order valence-corrected chi connectivity index (χ2v) is 9.74. The van der Waals surface area contributed by atoms with Crippen LogP contribution in [0.25, 0.3) is 0 Å². The molecule has 0 atom stereocenters. The van der Waals surface area contributed by atoms with Gasteiger partial charge in [-0.2, -0.15) is 0 Å². The maximum absolute atomic E-state index is 2.45. The van der Waals surface area contributed by atoms with E-state index in [9.17, 15) is 0 Å². The summed E-state index contributed by atoms with van der Waals surface area (Å²) in [7, 11) is 0. The van der Waals surface area contributed by atoms with E-state index in [0.29, 0.717) is 0 Å². The molecule has 156 valence electrons. The number of hydrogen-bond acceptors (Lipinski definition) is 0. The summed E-state index contributed by atoms with van der Waals surface area (Å²) in [5.41, 5.74) is 3.16. The van der Waals surface area contributed by atoms with Crippen LogP contribution in [0, 0.1) is 17.8 Å². The average Bonchev–Trinajstić information content (AvgIpc) is 2.75. The molecule has 0 nitrogen and oxygen atoms in total. The van der Waals surface area contributed by atoms with Crippen molar-refractivity contribution >= 4 is 0 Å². The Hall–Kier alpha value is -1.04. The van der Waals surface area contributed by atoms with Crippen LogP contribution >= 0.6 is 0 Å². The van der Waals surface area contributed by atoms with E-state index in [2.05, 4.69) is 50.3 Å². The molecule has 0 bridgehead atoms. The topological polar surface area (TPSA) is 0 Å². The minimum atomic E-state index is 0.832. The first-order valence-electron chi connectivity index (χ1n) is 12.5. The lowest BCUT2D eigenvalue weighted by Gasteiger charge is -2.38. The summed E-state index contributed by atoms with van der Waals surface area (Å²) in [5.74, 6) is 3.92. The van der Waals surface area contributed by atoms with Crippen LogP contribution in [0.2, 0.25) is 0 Å². The minimum Gasteiger partial charge on any atom is -0.0917 e. The van der Waals surface area contributed by atoms with Gasteiger partial charge in [0.25, 0.3) is 0 Å². The second-order valence-electron chi connectivity index (χ2n) is 9.74. The lowest BCUT2D eigenvalue weighted by Crippen LogP contribution is -2.25. The van der Waals surface area contributed by atoms with E-state index in [1.807, 2.05) is 0 Å². The van der Waals surface area contributed by atoms with E-state index in [-0.39, 0.29) is 0 Å². The monoisotopic (exact) mass is 380 g/mol. The van der Waals surface area contributed by atoms with E-state index in [0.717, 1.165) is 23.7 Å². The molecule has 1 aromatic carbocycles. The minimum absolute atomic E-state index is 0.832. The molecule has 0 N–H and O–H groups in total. The normalized spacial score (nSPS) is 28.6. The molecule has 2 fully saturated rings. The van der Waals surface area contributed by atoms with E-state index in [1.54, 1.807) is 5.56 Å². The van der Waals surface area contributed by atoms with Crippen LogP contribution < -0.4 is 0 Å². The summed E-state index contributed by atoms with van der Waals surface area (Å²) in [4.78, 5) is 0. The van der Waals surface area contributed by atoms with Crippen molar-refractivity contribution in [1.29, 1.82) is 0 Å². The molecule has 0 heteroatoms. The van der Waals surface area contributed by atoms with Gasteiger partial charge in [0.1, 0.15) is 0 Å². The first-order valence-corrected chi connectivity index (χ1v) is 12.5. The highest BCUT2D eigenvalue weighted by molar-refractivity contribution is 5.26. The van der Waals surface area contributed by atoms with Gasteiger partial charge < -0.3 is 0 Å². The van der Waals surface area contributed by atoms with Crippen molar-refractivity contribution < 1.29 is 0 Å². The summed E-state index contributed by atoms with van der Waals surface area (Å²) in [6.07, 6.45) is 24.4. The first kappa shape index (κ1) is 21.7. The summed E-state index contributed by atoms with van der Waals surface area (Å²) in [6.45, 7) is 4.44. The van der Waals surface area contributed by atoms with Crippen LogP contribution in [0.3, 0.4) is 0 Å². The zero-order chi connectivity index (χ0) is 19.6. The standard InChI is InChI=1S/C28H44/c1-3-5-7-9-23-11-15-25(16-12-23)27-19-21-28(22-20-27)26-17-13-24(14-18-26)10-8-6-4-2/h3,5,13-14,17-18,23,25,27-28H,4,6-12,15-16,19-22H2,1-2H3/b5-3+. The van der Waals surface area contributed by atoms with Crippen LogP contribution in [0.4, 0.5) is 0 Å². The lowest BCUT2D eigenvalue weighted by molar-refractivity contribution is 0.157. The summed E-state index contributed by atoms with van der Waals surface area (Å²) in [6, 6.07) is 9.71. The van der Waals surface area contributed by atoms with Crippen molar-refractivity contribution in [1.82, 2.24) is 0 Å². The van der Waals surface area contributed by atoms with Gasteiger partial charge in [-0.1, -0.05) is 69.0 Å². The Morgan fingerprint density at radius 3 is 2.07 bits per heavy atom. The molecule has 0 spiro atoms. The van der Waals surface area contributed by atoms with Gasteiger partial charge in [-0.3, -0.25) is 0 Å². The van der Waals surface area contributed by atoms with Crippen LogP contribution in [-0.4, -0.2) is 0 Å². The van der Waals surface area contributed by atoms with Crippen LogP contribution in [-0.2, 0) is 6.42 Å². The molecule has 0 amide bonds. The highest BCUT2D eigenvalue weighted by atomic mass is 14.4. The van der Waals surface area contributed by atoms with E-state index < -0.39 is 0 Å². The Morgan fingerprint density at radius 2 is 1.46 bits per heavy atom. The van der Waals surface area contributed by atoms with Gasteiger partial charge in [-0.15, -0.1) is 0 Å². The Morgan fingerprint density at radius 1 is 0.821 bits per heavy atom. The maximum Gasteiger partial charge on any atom is -0.0162 e. The number of unbranched alkanes of at least 4 members (excludes halogenated alkanes) is 2. The van der Waals surface area contributed by atoms with Crippen LogP contribution in [0.1, 0.15) is 114 Å². The maximum atomic E-state index is 2.45. The van der Waals surface area contributed by atoms with Crippen molar-refractivity contribution in [3.05, 3.63) is 47.5 Å². The molecule has 2 aliphatic rings. The van der Waals surface area contributed by atoms with Gasteiger partial charge in [0.05, 0.1) is 0 Å². The fraction of sp³-hybridized carbons (Fsp3) is 0.714. The van der Waals surface area contributed by atoms with Crippen molar-refractivity contribution in [2.75, 3.05) is 0 Å². The SMILES string of the molecule is C/C=C/CCC1CCC(C2CCC(c3ccc(CCCCC)cc3)CC2)CC1. The van der Waals surface area contributed by atoms with Crippen molar-refractivity contribution in [2.24, 2.45) is 17.8 Å². The smallest absolute Gasteiger partial charge is 0.0162 e. The summed E-state index contributed by atoms with van der Waals surface area (Å²) >= 11 is 0. The largest absolute Gasteiger partial charge is 0.0917 e. The van der Waals surface area contributed by atoms with Crippen LogP contribution in [0.5, 0.6) is 0 Å². The number of allylic oxidation sites excluding steroid dienone is 2. The predicted octanol–water partition coefficient (Wildman–Crippen LogP) is 8.86. The van der Waals surface area contributed by atoms with Crippen LogP contribution in [0.15, 0.2) is 36.4 Å². The molecule has 3 rings (SSSR count). The van der Waals surface area contributed by atoms with E-state index in [1.165, 1.54) is 95.5 Å². The van der Waals surface area contributed by atoms with E-state index in [4.69, 9.17) is 0 Å². The Kier molecular flexibility index (Phi) is 9.16. The van der Waals surface area contributed by atoms with Gasteiger partial charge >= 0.3 is 0 Å². The molecular formula is C28H44. The summed E-state index contributed by atoms with van der Waals surface area (Å²) in [5, 5.41) is 0. The molecule has 0 aromatic heterocycles. The van der Waals surface area contributed by atoms with Crippen molar-refractivity contribution in [3.63, 3.8) is 0 Å². The zero-order valence-corrected chi connectivity index (χ0v) is 18.7. The molecular weight excluding hydrogens is 336 g/mol. The Bertz CT molecular complexity index is 550. The number of aryl methyl sites for hydroxylation is 1. The Labute approximate surface area is 175 Å². The molecule has 0 radical (unpaired) electrons. The van der Waals surface area contributed by atoms with Gasteiger partial charge in [-0.25, -0.2) is 0 Å².